The van der Waals surface area contributed by atoms with Crippen LogP contribution in [0.2, 0.25) is 0 Å². The summed E-state index contributed by atoms with van der Waals surface area (Å²) in [6.45, 7) is 2.72. The predicted molar refractivity (Wildman–Crippen MR) is 83.5 cm³/mol. The average Bonchev–Trinajstić information content (AvgIpc) is 2.48. The summed E-state index contributed by atoms with van der Waals surface area (Å²) in [7, 11) is 1.66. The number of anilines is 2. The molecule has 0 saturated carbocycles. The van der Waals surface area contributed by atoms with Crippen molar-refractivity contribution in [1.82, 2.24) is 5.32 Å². The van der Waals surface area contributed by atoms with Crippen molar-refractivity contribution in [3.8, 4) is 5.75 Å². The van der Waals surface area contributed by atoms with Crippen LogP contribution in [0.25, 0.3) is 0 Å². The first-order valence-electron chi connectivity index (χ1n) is 7.01. The average molecular weight is 282 g/mol. The number of hydrogen-bond acceptors (Lipinski definition) is 3. The first kappa shape index (κ1) is 13.5. The molecule has 2 aromatic rings. The Morgan fingerprint density at radius 2 is 2.10 bits per heavy atom. The Kier molecular flexibility index (Phi) is 3.52. The van der Waals surface area contributed by atoms with E-state index in [0.29, 0.717) is 6.54 Å². The third kappa shape index (κ3) is 2.57. The van der Waals surface area contributed by atoms with Gasteiger partial charge in [0.2, 0.25) is 0 Å². The molecule has 0 fully saturated rings. The number of rotatable bonds is 3. The van der Waals surface area contributed by atoms with Crippen molar-refractivity contribution in [2.45, 2.75) is 13.3 Å². The molecule has 1 aliphatic rings. The van der Waals surface area contributed by atoms with Gasteiger partial charge in [0.05, 0.1) is 12.8 Å². The molecule has 0 aliphatic carbocycles. The third-order valence-electron chi connectivity index (χ3n) is 3.73. The number of carbonyl (C=O) groups excluding carboxylic acids is 1. The maximum atomic E-state index is 11.9. The molecule has 3 rings (SSSR count). The molecule has 1 amide bonds. The fourth-order valence-electron chi connectivity index (χ4n) is 2.67. The molecule has 4 heteroatoms. The van der Waals surface area contributed by atoms with Crippen LogP contribution in [0, 0.1) is 6.92 Å². The lowest BCUT2D eigenvalue weighted by molar-refractivity contribution is 0.0946. The molecule has 0 aromatic heterocycles. The number of fused-ring (bicyclic) bond motifs is 1. The monoisotopic (exact) mass is 282 g/mol. The van der Waals surface area contributed by atoms with E-state index < -0.39 is 0 Å². The van der Waals surface area contributed by atoms with E-state index in [2.05, 4.69) is 10.6 Å². The summed E-state index contributed by atoms with van der Waals surface area (Å²) in [4.78, 5) is 11.9. The quantitative estimate of drug-likeness (QED) is 0.909. The molecule has 4 nitrogen and oxygen atoms in total. The van der Waals surface area contributed by atoms with E-state index in [-0.39, 0.29) is 5.91 Å². The van der Waals surface area contributed by atoms with Crippen molar-refractivity contribution in [2.24, 2.45) is 0 Å². The van der Waals surface area contributed by atoms with Crippen molar-refractivity contribution in [1.29, 1.82) is 0 Å². The fraction of sp³-hybridized carbons (Fsp3) is 0.235. The van der Waals surface area contributed by atoms with Crippen LogP contribution >= 0.6 is 0 Å². The smallest absolute Gasteiger partial charge is 0.251 e. The Labute approximate surface area is 124 Å². The molecule has 21 heavy (non-hydrogen) atoms. The van der Waals surface area contributed by atoms with Gasteiger partial charge >= 0.3 is 0 Å². The van der Waals surface area contributed by atoms with E-state index >= 15 is 0 Å². The van der Waals surface area contributed by atoms with Crippen LogP contribution < -0.4 is 15.4 Å². The highest BCUT2D eigenvalue weighted by Gasteiger charge is 2.17. The Balaban J connectivity index is 1.94. The Morgan fingerprint density at radius 3 is 2.90 bits per heavy atom. The molecule has 2 N–H and O–H groups in total. The Hall–Kier alpha value is -2.49. The van der Waals surface area contributed by atoms with Crippen molar-refractivity contribution < 1.29 is 9.53 Å². The maximum absolute atomic E-state index is 11.9. The molecule has 1 aliphatic heterocycles. The SMILES string of the molecule is COc1c(C)cccc1Nc1ccc2c(c1)C(=O)NCC2. The van der Waals surface area contributed by atoms with E-state index in [0.717, 1.165) is 40.2 Å². The summed E-state index contributed by atoms with van der Waals surface area (Å²) in [5.41, 5.74) is 4.69. The minimum atomic E-state index is -0.00360. The van der Waals surface area contributed by atoms with Crippen molar-refractivity contribution in [2.75, 3.05) is 19.0 Å². The number of amides is 1. The number of aryl methyl sites for hydroxylation is 1. The summed E-state index contributed by atoms with van der Waals surface area (Å²) in [5.74, 6) is 0.816. The van der Waals surface area contributed by atoms with Gasteiger partial charge in [-0.25, -0.2) is 0 Å². The molecule has 0 saturated heterocycles. The van der Waals surface area contributed by atoms with Crippen LogP contribution in [-0.4, -0.2) is 19.6 Å². The van der Waals surface area contributed by atoms with Gasteiger partial charge in [0.15, 0.2) is 0 Å². The van der Waals surface area contributed by atoms with Gasteiger partial charge in [-0.2, -0.15) is 0 Å². The van der Waals surface area contributed by atoms with Crippen LogP contribution in [0.5, 0.6) is 5.75 Å². The molecule has 2 aromatic carbocycles. The second-order valence-electron chi connectivity index (χ2n) is 5.16. The van der Waals surface area contributed by atoms with E-state index in [1.54, 1.807) is 7.11 Å². The van der Waals surface area contributed by atoms with Crippen molar-refractivity contribution in [3.63, 3.8) is 0 Å². The van der Waals surface area contributed by atoms with Crippen LogP contribution in [0.1, 0.15) is 21.5 Å². The number of ether oxygens (including phenoxy) is 1. The van der Waals surface area contributed by atoms with Gasteiger partial charge in [-0.05, 0) is 42.7 Å². The van der Waals surface area contributed by atoms with Gasteiger partial charge in [-0.1, -0.05) is 18.2 Å². The van der Waals surface area contributed by atoms with Crippen LogP contribution in [-0.2, 0) is 6.42 Å². The maximum Gasteiger partial charge on any atom is 0.251 e. The Morgan fingerprint density at radius 1 is 1.24 bits per heavy atom. The summed E-state index contributed by atoms with van der Waals surface area (Å²) < 4.78 is 5.44. The number of benzene rings is 2. The molecule has 1 heterocycles. The topological polar surface area (TPSA) is 50.4 Å². The lowest BCUT2D eigenvalue weighted by Crippen LogP contribution is -2.31. The molecule has 0 bridgehead atoms. The fourth-order valence-corrected chi connectivity index (χ4v) is 2.67. The standard InChI is InChI=1S/C17H18N2O2/c1-11-4-3-5-15(16(11)21-2)19-13-7-6-12-8-9-18-17(20)14(12)10-13/h3-7,10,19H,8-9H2,1-2H3,(H,18,20). The van der Waals surface area contributed by atoms with E-state index in [1.165, 1.54) is 0 Å². The molecular weight excluding hydrogens is 264 g/mol. The minimum absolute atomic E-state index is 0.00360. The minimum Gasteiger partial charge on any atom is -0.494 e. The second-order valence-corrected chi connectivity index (χ2v) is 5.16. The molecular formula is C17H18N2O2. The van der Waals surface area contributed by atoms with Gasteiger partial charge in [0.25, 0.3) is 5.91 Å². The molecule has 0 radical (unpaired) electrons. The van der Waals surface area contributed by atoms with E-state index in [9.17, 15) is 4.79 Å². The van der Waals surface area contributed by atoms with Gasteiger partial charge in [-0.3, -0.25) is 4.79 Å². The third-order valence-corrected chi connectivity index (χ3v) is 3.73. The first-order valence-corrected chi connectivity index (χ1v) is 7.01. The lowest BCUT2D eigenvalue weighted by atomic mass is 9.99. The predicted octanol–water partition coefficient (Wildman–Crippen LogP) is 3.03. The highest BCUT2D eigenvalue weighted by Crippen LogP contribution is 2.31. The molecule has 0 atom stereocenters. The van der Waals surface area contributed by atoms with Gasteiger partial charge < -0.3 is 15.4 Å². The van der Waals surface area contributed by atoms with Crippen LogP contribution in [0.15, 0.2) is 36.4 Å². The zero-order valence-corrected chi connectivity index (χ0v) is 12.2. The molecule has 0 unspecified atom stereocenters. The van der Waals surface area contributed by atoms with E-state index in [1.807, 2.05) is 43.3 Å². The van der Waals surface area contributed by atoms with E-state index in [4.69, 9.17) is 4.74 Å². The zero-order valence-electron chi connectivity index (χ0n) is 12.2. The highest BCUT2D eigenvalue weighted by atomic mass is 16.5. The molecule has 108 valence electrons. The summed E-state index contributed by atoms with van der Waals surface area (Å²) in [5, 5.41) is 6.20. The van der Waals surface area contributed by atoms with Crippen LogP contribution in [0.4, 0.5) is 11.4 Å². The normalized spacial score (nSPS) is 13.3. The summed E-state index contributed by atoms with van der Waals surface area (Å²) in [6.07, 6.45) is 0.884. The summed E-state index contributed by atoms with van der Waals surface area (Å²) in [6, 6.07) is 11.9. The lowest BCUT2D eigenvalue weighted by Gasteiger charge is -2.18. The summed E-state index contributed by atoms with van der Waals surface area (Å²) >= 11 is 0. The van der Waals surface area contributed by atoms with Crippen molar-refractivity contribution in [3.05, 3.63) is 53.1 Å². The largest absolute Gasteiger partial charge is 0.494 e. The Bertz CT molecular complexity index is 695. The number of methoxy groups -OCH3 is 1. The first-order chi connectivity index (χ1) is 10.2. The van der Waals surface area contributed by atoms with Crippen molar-refractivity contribution >= 4 is 17.3 Å². The number of para-hydroxylation sites is 1. The van der Waals surface area contributed by atoms with Gasteiger partial charge in [0, 0.05) is 17.8 Å². The zero-order chi connectivity index (χ0) is 14.8. The number of nitrogens with one attached hydrogen (secondary N) is 2. The number of carbonyl (C=O) groups is 1. The van der Waals surface area contributed by atoms with Gasteiger partial charge in [0.1, 0.15) is 5.75 Å². The second kappa shape index (κ2) is 5.48. The molecule has 0 spiro atoms. The highest BCUT2D eigenvalue weighted by molar-refractivity contribution is 5.97. The van der Waals surface area contributed by atoms with Crippen LogP contribution in [0.3, 0.4) is 0 Å². The number of hydrogen-bond donors (Lipinski definition) is 2. The van der Waals surface area contributed by atoms with Gasteiger partial charge in [-0.15, -0.1) is 0 Å².